The predicted molar refractivity (Wildman–Crippen MR) is 132 cm³/mol. The zero-order chi connectivity index (χ0) is 26.0. The fourth-order valence-electron chi connectivity index (χ4n) is 3.27. The number of alkyl carbamates (subject to hydrolysis) is 1. The molecule has 0 bridgehead atoms. The summed E-state index contributed by atoms with van der Waals surface area (Å²) in [7, 11) is 0. The zero-order valence-electron chi connectivity index (χ0n) is 20.0. The van der Waals surface area contributed by atoms with Gasteiger partial charge in [-0.25, -0.2) is 14.9 Å². The van der Waals surface area contributed by atoms with Gasteiger partial charge in [0.2, 0.25) is 5.91 Å². The number of ether oxygens (including phenoxy) is 1. The van der Waals surface area contributed by atoms with Crippen LogP contribution in [0.4, 0.5) is 4.79 Å². The lowest BCUT2D eigenvalue weighted by Crippen LogP contribution is -2.50. The van der Waals surface area contributed by atoms with E-state index in [9.17, 15) is 19.7 Å². The van der Waals surface area contributed by atoms with Crippen LogP contribution in [0, 0.1) is 10.1 Å². The van der Waals surface area contributed by atoms with Crippen molar-refractivity contribution in [3.63, 3.8) is 0 Å². The van der Waals surface area contributed by atoms with Crippen molar-refractivity contribution in [3.05, 3.63) is 81.9 Å². The van der Waals surface area contributed by atoms with Crippen molar-refractivity contribution in [1.82, 2.24) is 10.6 Å². The number of carbonyl (C=O) groups is 2. The van der Waals surface area contributed by atoms with Gasteiger partial charge in [-0.1, -0.05) is 60.7 Å². The van der Waals surface area contributed by atoms with E-state index in [2.05, 4.69) is 15.7 Å². The summed E-state index contributed by atoms with van der Waals surface area (Å²) in [6.07, 6.45) is -0.691. The highest BCUT2D eigenvalue weighted by molar-refractivity contribution is 5.87. The Morgan fingerprint density at radius 3 is 1.97 bits per heavy atom. The molecule has 2 amide bonds. The summed E-state index contributed by atoms with van der Waals surface area (Å²) in [5.41, 5.74) is 12.4. The molecular formula is C24H32N6O5. The highest BCUT2D eigenvalue weighted by atomic mass is 16.7. The fraction of sp³-hybridized carbons (Fsp3) is 0.375. The van der Waals surface area contributed by atoms with Gasteiger partial charge in [0, 0.05) is 0 Å². The Morgan fingerprint density at radius 1 is 1.00 bits per heavy atom. The summed E-state index contributed by atoms with van der Waals surface area (Å²) < 4.78 is 5.30. The lowest BCUT2D eigenvalue weighted by molar-refractivity contribution is -0.485. The third kappa shape index (κ3) is 9.41. The first-order valence-electron chi connectivity index (χ1n) is 11.1. The van der Waals surface area contributed by atoms with E-state index in [0.29, 0.717) is 0 Å². The molecule has 188 valence electrons. The largest absolute Gasteiger partial charge is 0.444 e. The first-order chi connectivity index (χ1) is 16.5. The topological polar surface area (TPSA) is 175 Å². The van der Waals surface area contributed by atoms with Crippen LogP contribution in [-0.2, 0) is 9.53 Å². The second-order valence-electron chi connectivity index (χ2n) is 8.91. The van der Waals surface area contributed by atoms with Gasteiger partial charge in [-0.15, -0.1) is 0 Å². The second kappa shape index (κ2) is 12.5. The number of rotatable bonds is 10. The number of benzene rings is 2. The van der Waals surface area contributed by atoms with E-state index in [1.807, 2.05) is 60.7 Å². The predicted octanol–water partition coefficient (Wildman–Crippen LogP) is 2.44. The molecule has 0 heterocycles. The van der Waals surface area contributed by atoms with Gasteiger partial charge in [-0.3, -0.25) is 4.79 Å². The van der Waals surface area contributed by atoms with E-state index in [0.717, 1.165) is 11.1 Å². The van der Waals surface area contributed by atoms with Crippen molar-refractivity contribution >= 4 is 17.8 Å². The van der Waals surface area contributed by atoms with Crippen molar-refractivity contribution in [2.24, 2.45) is 16.6 Å². The normalized spacial score (nSPS) is 13.6. The average molecular weight is 485 g/mol. The Kier molecular flexibility index (Phi) is 9.71. The Morgan fingerprint density at radius 2 is 1.51 bits per heavy atom. The first-order valence-corrected chi connectivity index (χ1v) is 11.1. The van der Waals surface area contributed by atoms with E-state index in [1.165, 1.54) is 0 Å². The maximum atomic E-state index is 13.4. The smallest absolute Gasteiger partial charge is 0.408 e. The Balaban J connectivity index is 2.26. The highest BCUT2D eigenvalue weighted by Crippen LogP contribution is 2.22. The van der Waals surface area contributed by atoms with E-state index >= 15 is 0 Å². The molecule has 2 rings (SSSR count). The van der Waals surface area contributed by atoms with Crippen LogP contribution >= 0.6 is 0 Å². The standard InChI is InChI=1S/C24H32N6O5/c1-24(2,3)35-23(32)27-19(15-14-18(25)21(26)29-30(33)34)22(31)28-20(16-10-6-4-7-11-16)17-12-8-5-9-13-17/h4-13,18-20H,14-15,25H2,1-3H3,(H2,26,29)(H,27,32)(H,28,31). The molecule has 2 atom stereocenters. The number of hydrazone groups is 1. The quantitative estimate of drug-likeness (QED) is 0.173. The molecular weight excluding hydrogens is 452 g/mol. The molecule has 2 unspecified atom stereocenters. The number of hydrogen-bond donors (Lipinski definition) is 4. The van der Waals surface area contributed by atoms with Gasteiger partial charge in [0.25, 0.3) is 0 Å². The maximum absolute atomic E-state index is 13.4. The third-order valence-corrected chi connectivity index (χ3v) is 4.90. The van der Waals surface area contributed by atoms with Gasteiger partial charge in [-0.05, 0) is 44.7 Å². The first kappa shape index (κ1) is 27.3. The summed E-state index contributed by atoms with van der Waals surface area (Å²) in [6, 6.07) is 16.3. The molecule has 0 saturated heterocycles. The van der Waals surface area contributed by atoms with Crippen LogP contribution in [0.3, 0.4) is 0 Å². The van der Waals surface area contributed by atoms with Crippen LogP contribution < -0.4 is 22.1 Å². The molecule has 35 heavy (non-hydrogen) atoms. The molecule has 0 fully saturated rings. The molecule has 0 aliphatic carbocycles. The molecule has 0 radical (unpaired) electrons. The van der Waals surface area contributed by atoms with Crippen LogP contribution in [0.2, 0.25) is 0 Å². The lowest BCUT2D eigenvalue weighted by Gasteiger charge is -2.26. The van der Waals surface area contributed by atoms with Gasteiger partial charge in [0.05, 0.1) is 17.2 Å². The zero-order valence-corrected chi connectivity index (χ0v) is 20.0. The summed E-state index contributed by atoms with van der Waals surface area (Å²) in [5.74, 6) is -0.858. The highest BCUT2D eigenvalue weighted by Gasteiger charge is 2.28. The molecule has 0 saturated carbocycles. The number of hydrogen-bond acceptors (Lipinski definition) is 6. The van der Waals surface area contributed by atoms with Gasteiger partial charge < -0.3 is 26.8 Å². The minimum Gasteiger partial charge on any atom is -0.444 e. The van der Waals surface area contributed by atoms with Gasteiger partial charge >= 0.3 is 6.09 Å². The molecule has 11 heteroatoms. The molecule has 11 nitrogen and oxygen atoms in total. The molecule has 2 aromatic rings. The number of nitrogens with one attached hydrogen (secondary N) is 2. The Bertz CT molecular complexity index is 984. The summed E-state index contributed by atoms with van der Waals surface area (Å²) in [4.78, 5) is 36.4. The summed E-state index contributed by atoms with van der Waals surface area (Å²) in [5, 5.41) is 18.2. The van der Waals surface area contributed by atoms with Crippen LogP contribution in [0.1, 0.15) is 50.8 Å². The van der Waals surface area contributed by atoms with Crippen LogP contribution in [0.15, 0.2) is 65.8 Å². The van der Waals surface area contributed by atoms with E-state index in [4.69, 9.17) is 16.2 Å². The van der Waals surface area contributed by atoms with Crippen LogP contribution in [0.5, 0.6) is 0 Å². The molecule has 2 aromatic carbocycles. The number of amides is 2. The van der Waals surface area contributed by atoms with Crippen molar-refractivity contribution in [3.8, 4) is 0 Å². The average Bonchev–Trinajstić information content (AvgIpc) is 2.79. The minimum atomic E-state index is -1.05. The van der Waals surface area contributed by atoms with Crippen LogP contribution in [0.25, 0.3) is 0 Å². The van der Waals surface area contributed by atoms with Gasteiger partial charge in [-0.2, -0.15) is 0 Å². The Labute approximate surface area is 204 Å². The lowest BCUT2D eigenvalue weighted by atomic mass is 9.97. The van der Waals surface area contributed by atoms with E-state index in [-0.39, 0.29) is 18.7 Å². The maximum Gasteiger partial charge on any atom is 0.408 e. The molecule has 0 aliphatic heterocycles. The summed E-state index contributed by atoms with van der Waals surface area (Å²) in [6.45, 7) is 5.10. The van der Waals surface area contributed by atoms with Gasteiger partial charge in [0.1, 0.15) is 11.6 Å². The monoisotopic (exact) mass is 484 g/mol. The van der Waals surface area contributed by atoms with Crippen LogP contribution in [-0.4, -0.2) is 40.6 Å². The van der Waals surface area contributed by atoms with Crippen molar-refractivity contribution in [1.29, 1.82) is 0 Å². The minimum absolute atomic E-state index is 0.0382. The number of nitro groups is 1. The number of nitrogens with zero attached hydrogens (tertiary/aromatic N) is 2. The Hall–Kier alpha value is -3.99. The van der Waals surface area contributed by atoms with Crippen molar-refractivity contribution in [2.75, 3.05) is 0 Å². The van der Waals surface area contributed by atoms with Crippen molar-refractivity contribution < 1.29 is 19.4 Å². The molecule has 6 N–H and O–H groups in total. The van der Waals surface area contributed by atoms with Gasteiger partial charge in [0.15, 0.2) is 10.9 Å². The number of carbonyl (C=O) groups excluding carboxylic acids is 2. The molecule has 0 aromatic heterocycles. The number of amidine groups is 1. The SMILES string of the molecule is CC(C)(C)OC(=O)NC(CCC(N)/C(N)=N\[N+](=O)[O-])C(=O)NC(c1ccccc1)c1ccccc1. The van der Waals surface area contributed by atoms with Crippen molar-refractivity contribution in [2.45, 2.75) is 57.3 Å². The molecule has 0 aliphatic rings. The van der Waals surface area contributed by atoms with E-state index in [1.54, 1.807) is 20.8 Å². The fourth-order valence-corrected chi connectivity index (χ4v) is 3.27. The third-order valence-electron chi connectivity index (χ3n) is 4.90. The molecule has 0 spiro atoms. The van der Waals surface area contributed by atoms with E-state index < -0.39 is 40.8 Å². The number of nitrogens with two attached hydrogens (primary N) is 2. The summed E-state index contributed by atoms with van der Waals surface area (Å²) >= 11 is 0. The second-order valence-corrected chi connectivity index (χ2v) is 8.91.